The van der Waals surface area contributed by atoms with E-state index in [0.29, 0.717) is 11.3 Å². The van der Waals surface area contributed by atoms with Gasteiger partial charge in [-0.1, -0.05) is 83.7 Å². The summed E-state index contributed by atoms with van der Waals surface area (Å²) in [6.07, 6.45) is 3.96. The summed E-state index contributed by atoms with van der Waals surface area (Å²) in [7, 11) is 0. The molecule has 4 aromatic carbocycles. The van der Waals surface area contributed by atoms with Gasteiger partial charge < -0.3 is 14.4 Å². The topological polar surface area (TPSA) is 51.8 Å². The fourth-order valence-corrected chi connectivity index (χ4v) is 5.32. The predicted octanol–water partition coefficient (Wildman–Crippen LogP) is 10.3. The Kier molecular flexibility index (Phi) is 7.68. The van der Waals surface area contributed by atoms with E-state index in [4.69, 9.17) is 12.6 Å². The number of fused-ring (bicyclic) bond motifs is 3. The van der Waals surface area contributed by atoms with Crippen molar-refractivity contribution >= 4 is 22.1 Å². The molecule has 8 rings (SSSR count). The van der Waals surface area contributed by atoms with Crippen molar-refractivity contribution in [1.29, 1.82) is 0 Å². The molecule has 0 fully saturated rings. The van der Waals surface area contributed by atoms with Crippen LogP contribution in [0.15, 0.2) is 144 Å². The first-order chi connectivity index (χ1) is 25.0. The number of furan rings is 1. The van der Waals surface area contributed by atoms with Crippen molar-refractivity contribution < 1.29 is 32.7 Å². The molecule has 1 radical (unpaired) electrons. The second-order valence-electron chi connectivity index (χ2n) is 10.7. The number of pyridine rings is 3. The van der Waals surface area contributed by atoms with Gasteiger partial charge in [0.15, 0.2) is 0 Å². The number of nitrogens with zero attached hydrogens (tertiary/aromatic N) is 3. The largest absolute Gasteiger partial charge is 0.486 e. The van der Waals surface area contributed by atoms with E-state index in [9.17, 15) is 0 Å². The first kappa shape index (κ1) is 24.9. The molecule has 0 amide bonds. The fourth-order valence-electron chi connectivity index (χ4n) is 5.32. The molecule has 8 aromatic rings. The average Bonchev–Trinajstić information content (AvgIpc) is 3.54. The monoisotopic (exact) mass is 792 g/mol. The summed E-state index contributed by atoms with van der Waals surface area (Å²) in [5.41, 5.74) is 8.95. The second-order valence-corrected chi connectivity index (χ2v) is 10.7. The molecule has 4 aromatic heterocycles. The molecule has 0 bridgehead atoms. The number of rotatable bonds is 5. The van der Waals surface area contributed by atoms with Crippen molar-refractivity contribution in [3.05, 3.63) is 174 Å². The molecule has 5 heteroatoms. The maximum Gasteiger partial charge on any atom is 0.216 e. The molecular weight excluding hydrogens is 755 g/mol. The molecule has 4 nitrogen and oxygen atoms in total. The van der Waals surface area contributed by atoms with Crippen LogP contribution in [0.4, 0.5) is 0 Å². The minimum absolute atomic E-state index is 0. The predicted molar refractivity (Wildman–Crippen MR) is 186 cm³/mol. The molecule has 0 atom stereocenters. The van der Waals surface area contributed by atoms with E-state index in [1.807, 2.05) is 60.7 Å². The normalized spacial score (nSPS) is 13.1. The standard InChI is InChI=1S/C30H21N2O.C12H10N.Ir/c1-20-10-15-26-25-8-5-9-27(29(25)33-30(26)32-20)28-19-22(16-17-31-28)18-21-11-13-24(14-12-21)23-6-3-2-4-7-23;1-10-7-8-12(13-9-10)11-5-3-2-4-6-11;/h2-8,10-17,19H,18H2,1H3;2-5,7-9H,1H3;/q2*-1;/i2*1D3;. The van der Waals surface area contributed by atoms with Crippen LogP contribution in [0.3, 0.4) is 0 Å². The average molecular weight is 792 g/mol. The van der Waals surface area contributed by atoms with E-state index in [1.54, 1.807) is 30.5 Å². The van der Waals surface area contributed by atoms with Gasteiger partial charge in [-0.2, -0.15) is 0 Å². The zero-order chi connectivity index (χ0) is 36.3. The van der Waals surface area contributed by atoms with Crippen molar-refractivity contribution in [2.75, 3.05) is 0 Å². The second kappa shape index (κ2) is 14.5. The summed E-state index contributed by atoms with van der Waals surface area (Å²) in [5, 5.41) is 1.62. The van der Waals surface area contributed by atoms with Gasteiger partial charge in [0.2, 0.25) is 5.71 Å². The van der Waals surface area contributed by atoms with Crippen molar-refractivity contribution in [2.45, 2.75) is 20.1 Å². The summed E-state index contributed by atoms with van der Waals surface area (Å²) < 4.78 is 50.7. The molecule has 0 aliphatic rings. The maximum atomic E-state index is 7.64. The van der Waals surface area contributed by atoms with Crippen molar-refractivity contribution in [3.63, 3.8) is 0 Å². The van der Waals surface area contributed by atoms with E-state index >= 15 is 0 Å². The van der Waals surface area contributed by atoms with Crippen LogP contribution < -0.4 is 0 Å². The minimum Gasteiger partial charge on any atom is -0.486 e. The number of hydrogen-bond donors (Lipinski definition) is 0. The third kappa shape index (κ3) is 7.28. The van der Waals surface area contributed by atoms with Crippen LogP contribution in [0, 0.1) is 25.8 Å². The Bertz CT molecular complexity index is 2450. The minimum atomic E-state index is -2.29. The van der Waals surface area contributed by atoms with Crippen molar-refractivity contribution in [3.8, 4) is 33.6 Å². The van der Waals surface area contributed by atoms with Gasteiger partial charge in [-0.25, -0.2) is 4.98 Å². The summed E-state index contributed by atoms with van der Waals surface area (Å²) in [4.78, 5) is 13.0. The molecule has 0 N–H and O–H groups in total. The van der Waals surface area contributed by atoms with Gasteiger partial charge >= 0.3 is 0 Å². The summed E-state index contributed by atoms with van der Waals surface area (Å²) in [5.74, 6) is 0. The zero-order valence-electron chi connectivity index (χ0n) is 31.1. The molecule has 4 heterocycles. The number of benzene rings is 4. The van der Waals surface area contributed by atoms with Gasteiger partial charge in [-0.3, -0.25) is 0 Å². The Balaban J connectivity index is 0.000000238. The van der Waals surface area contributed by atoms with E-state index in [2.05, 4.69) is 63.5 Å². The molecular formula is C42H31IrN3O-2. The molecule has 0 saturated carbocycles. The van der Waals surface area contributed by atoms with E-state index in [1.165, 1.54) is 29.0 Å². The van der Waals surface area contributed by atoms with Crippen LogP contribution in [0.1, 0.15) is 30.6 Å². The Morgan fingerprint density at radius 1 is 0.681 bits per heavy atom. The van der Waals surface area contributed by atoms with Gasteiger partial charge in [-0.05, 0) is 77.5 Å². The third-order valence-corrected chi connectivity index (χ3v) is 7.60. The Labute approximate surface area is 297 Å². The van der Waals surface area contributed by atoms with Gasteiger partial charge in [0.25, 0.3) is 0 Å². The summed E-state index contributed by atoms with van der Waals surface area (Å²) >= 11 is 0. The summed E-state index contributed by atoms with van der Waals surface area (Å²) in [6, 6.07) is 47.1. The zero-order valence-corrected chi connectivity index (χ0v) is 27.5. The van der Waals surface area contributed by atoms with Crippen LogP contribution in [0.25, 0.3) is 55.7 Å². The number of aryl methyl sites for hydroxylation is 2. The van der Waals surface area contributed by atoms with Gasteiger partial charge in [0.1, 0.15) is 0 Å². The van der Waals surface area contributed by atoms with Crippen LogP contribution in [0.5, 0.6) is 0 Å². The molecule has 231 valence electrons. The molecule has 0 saturated heterocycles. The van der Waals surface area contributed by atoms with E-state index < -0.39 is 13.7 Å². The quantitative estimate of drug-likeness (QED) is 0.163. The van der Waals surface area contributed by atoms with Crippen molar-refractivity contribution in [1.82, 2.24) is 15.0 Å². The Morgan fingerprint density at radius 3 is 2.30 bits per heavy atom. The molecule has 0 unspecified atom stereocenters. The van der Waals surface area contributed by atoms with Crippen molar-refractivity contribution in [2.24, 2.45) is 0 Å². The van der Waals surface area contributed by atoms with E-state index in [0.717, 1.165) is 45.3 Å². The van der Waals surface area contributed by atoms with Crippen LogP contribution in [-0.4, -0.2) is 15.0 Å². The number of hydrogen-bond acceptors (Lipinski definition) is 4. The first-order valence-corrected chi connectivity index (χ1v) is 14.8. The molecule has 0 aliphatic carbocycles. The third-order valence-electron chi connectivity index (χ3n) is 7.60. The van der Waals surface area contributed by atoms with Crippen LogP contribution >= 0.6 is 0 Å². The SMILES string of the molecule is [2H]C([2H])([2H])c1ccc(-c2[c-]cccc2)nc1.[2H]C([2H])([2H])c1ccc2c(n1)oc1c(-c3cc(Cc4ccc(-c5ccccc5)cc4)ccn3)[c-]ccc12.[Ir]. The molecule has 47 heavy (non-hydrogen) atoms. The Hall–Kier alpha value is -5.22. The first-order valence-electron chi connectivity index (χ1n) is 17.8. The molecule has 0 aliphatic heterocycles. The smallest absolute Gasteiger partial charge is 0.216 e. The van der Waals surface area contributed by atoms with Gasteiger partial charge in [-0.15, -0.1) is 54.1 Å². The van der Waals surface area contributed by atoms with Crippen LogP contribution in [-0.2, 0) is 26.5 Å². The fraction of sp³-hybridized carbons (Fsp3) is 0.0714. The van der Waals surface area contributed by atoms with Crippen LogP contribution in [0.2, 0.25) is 0 Å². The van der Waals surface area contributed by atoms with Gasteiger partial charge in [0.05, 0.1) is 5.58 Å². The number of aromatic nitrogens is 3. The molecule has 0 spiro atoms. The van der Waals surface area contributed by atoms with Gasteiger partial charge in [0, 0.05) is 51.8 Å². The Morgan fingerprint density at radius 2 is 1.53 bits per heavy atom. The summed E-state index contributed by atoms with van der Waals surface area (Å²) in [6.45, 7) is -4.39. The maximum absolute atomic E-state index is 7.64. The van der Waals surface area contributed by atoms with E-state index in [-0.39, 0.29) is 31.4 Å².